The van der Waals surface area contributed by atoms with E-state index in [0.717, 1.165) is 12.8 Å². The Kier molecular flexibility index (Phi) is 8.71. The summed E-state index contributed by atoms with van der Waals surface area (Å²) >= 11 is 0. The van der Waals surface area contributed by atoms with E-state index in [1.165, 1.54) is 0 Å². The average molecular weight is 186 g/mol. The molecule has 0 fully saturated rings. The van der Waals surface area contributed by atoms with Gasteiger partial charge in [-0.05, 0) is 12.3 Å². The second-order valence-corrected chi connectivity index (χ2v) is 4.68. The number of hydrogen-bond acceptors (Lipinski definition) is 3. The van der Waals surface area contributed by atoms with E-state index in [-0.39, 0.29) is 24.6 Å². The van der Waals surface area contributed by atoms with Crippen molar-refractivity contribution in [2.75, 3.05) is 5.75 Å². The summed E-state index contributed by atoms with van der Waals surface area (Å²) in [6.07, 6.45) is 2.33. The zero-order chi connectivity index (χ0) is 8.91. The second-order valence-electron chi connectivity index (χ2n) is 3.15. The van der Waals surface area contributed by atoms with Gasteiger partial charge in [0.2, 0.25) is 0 Å². The van der Waals surface area contributed by atoms with E-state index >= 15 is 0 Å². The molecule has 0 heterocycles. The molecule has 0 radical (unpaired) electrons. The largest absolute Gasteiger partial charge is 1.00 e. The van der Waals surface area contributed by atoms with Crippen LogP contribution in [-0.4, -0.2) is 18.7 Å². The molecule has 0 aromatic heterocycles. The minimum Gasteiger partial charge on any atom is -0.748 e. The van der Waals surface area contributed by atoms with Gasteiger partial charge in [0.05, 0.1) is 10.1 Å². The van der Waals surface area contributed by atoms with E-state index in [1.807, 2.05) is 0 Å². The van der Waals surface area contributed by atoms with Gasteiger partial charge in [0.25, 0.3) is 0 Å². The van der Waals surface area contributed by atoms with Crippen LogP contribution in [0.15, 0.2) is 0 Å². The molecule has 5 heteroatoms. The van der Waals surface area contributed by atoms with Crippen LogP contribution >= 0.6 is 0 Å². The van der Waals surface area contributed by atoms with Crippen LogP contribution in [0.1, 0.15) is 33.1 Å². The molecule has 3 nitrogen and oxygen atoms in total. The van der Waals surface area contributed by atoms with Gasteiger partial charge in [-0.2, -0.15) is 0 Å². The molecule has 0 rings (SSSR count). The van der Waals surface area contributed by atoms with Crippen molar-refractivity contribution in [2.24, 2.45) is 5.92 Å². The number of unbranched alkanes of at least 4 members (excludes halogenated alkanes) is 1. The van der Waals surface area contributed by atoms with Crippen LogP contribution < -0.4 is 18.9 Å². The standard InChI is InChI=1S/C7H16O3S.Li/c1-7(2)5-3-4-6-11(8,9)10;/h7H,3-6H2,1-2H3,(H,8,9,10);/q;+1/p-1. The van der Waals surface area contributed by atoms with Crippen molar-refractivity contribution in [1.82, 2.24) is 0 Å². The summed E-state index contributed by atoms with van der Waals surface area (Å²) in [5.41, 5.74) is 0. The van der Waals surface area contributed by atoms with Crippen molar-refractivity contribution < 1.29 is 31.8 Å². The van der Waals surface area contributed by atoms with Crippen LogP contribution in [0.5, 0.6) is 0 Å². The topological polar surface area (TPSA) is 57.2 Å². The second kappa shape index (κ2) is 6.96. The van der Waals surface area contributed by atoms with Crippen LogP contribution in [0.25, 0.3) is 0 Å². The Hall–Kier alpha value is 0.507. The van der Waals surface area contributed by atoms with Crippen molar-refractivity contribution >= 4 is 10.1 Å². The smallest absolute Gasteiger partial charge is 0.748 e. The minimum absolute atomic E-state index is 0. The number of hydrogen-bond donors (Lipinski definition) is 0. The van der Waals surface area contributed by atoms with Crippen LogP contribution in [0, 0.1) is 5.92 Å². The van der Waals surface area contributed by atoms with Crippen LogP contribution in [0.2, 0.25) is 0 Å². The van der Waals surface area contributed by atoms with E-state index < -0.39 is 10.1 Å². The maximum absolute atomic E-state index is 10.1. The Bertz CT molecular complexity index is 187. The SMILES string of the molecule is CC(C)CCCCS(=O)(=O)[O-].[Li+]. The molecule has 0 N–H and O–H groups in total. The van der Waals surface area contributed by atoms with Crippen LogP contribution in [0.4, 0.5) is 0 Å². The molecule has 0 aliphatic carbocycles. The summed E-state index contributed by atoms with van der Waals surface area (Å²) in [6.45, 7) is 4.15. The third-order valence-corrected chi connectivity index (χ3v) is 2.21. The summed E-state index contributed by atoms with van der Waals surface area (Å²) in [5.74, 6) is 0.379. The quantitative estimate of drug-likeness (QED) is 0.294. The van der Waals surface area contributed by atoms with Crippen molar-refractivity contribution in [3.63, 3.8) is 0 Å². The first kappa shape index (κ1) is 15.0. The Morgan fingerprint density at radius 2 is 1.75 bits per heavy atom. The molecule has 12 heavy (non-hydrogen) atoms. The third-order valence-electron chi connectivity index (χ3n) is 1.43. The molecular weight excluding hydrogens is 171 g/mol. The first-order chi connectivity index (χ1) is 4.92. The molecule has 0 saturated carbocycles. The van der Waals surface area contributed by atoms with Crippen molar-refractivity contribution in [3.05, 3.63) is 0 Å². The Morgan fingerprint density at radius 3 is 2.08 bits per heavy atom. The summed E-state index contributed by atoms with van der Waals surface area (Å²) in [6, 6.07) is 0. The third kappa shape index (κ3) is 13.1. The van der Waals surface area contributed by atoms with E-state index in [4.69, 9.17) is 0 Å². The van der Waals surface area contributed by atoms with Gasteiger partial charge in [-0.3, -0.25) is 0 Å². The van der Waals surface area contributed by atoms with Gasteiger partial charge in [-0.15, -0.1) is 0 Å². The predicted molar refractivity (Wildman–Crippen MR) is 43.3 cm³/mol. The molecule has 0 aliphatic heterocycles. The maximum Gasteiger partial charge on any atom is 1.00 e. The first-order valence-corrected chi connectivity index (χ1v) is 5.43. The summed E-state index contributed by atoms with van der Waals surface area (Å²) in [5, 5.41) is 0. The molecule has 0 saturated heterocycles. The number of rotatable bonds is 5. The van der Waals surface area contributed by atoms with Gasteiger partial charge in [0.1, 0.15) is 0 Å². The molecular formula is C7H15LiO3S. The van der Waals surface area contributed by atoms with Gasteiger partial charge in [-0.1, -0.05) is 26.7 Å². The monoisotopic (exact) mass is 186 g/mol. The normalized spacial score (nSPS) is 11.3. The molecule has 68 valence electrons. The van der Waals surface area contributed by atoms with Crippen molar-refractivity contribution in [2.45, 2.75) is 33.1 Å². The Balaban J connectivity index is 0. The molecule has 0 aromatic rings. The predicted octanol–water partition coefficient (Wildman–Crippen LogP) is -1.64. The van der Waals surface area contributed by atoms with Gasteiger partial charge < -0.3 is 4.55 Å². The Labute approximate surface area is 86.9 Å². The van der Waals surface area contributed by atoms with E-state index in [0.29, 0.717) is 12.3 Å². The Morgan fingerprint density at radius 1 is 1.25 bits per heavy atom. The summed E-state index contributed by atoms with van der Waals surface area (Å²) in [7, 11) is -3.97. The fourth-order valence-corrected chi connectivity index (χ4v) is 1.39. The van der Waals surface area contributed by atoms with Gasteiger partial charge >= 0.3 is 18.9 Å². The maximum atomic E-state index is 10.1. The van der Waals surface area contributed by atoms with E-state index in [9.17, 15) is 13.0 Å². The molecule has 0 amide bonds. The van der Waals surface area contributed by atoms with E-state index in [1.54, 1.807) is 0 Å². The molecule has 0 aromatic carbocycles. The van der Waals surface area contributed by atoms with Crippen molar-refractivity contribution in [3.8, 4) is 0 Å². The first-order valence-electron chi connectivity index (χ1n) is 3.85. The van der Waals surface area contributed by atoms with Gasteiger partial charge in [-0.25, -0.2) is 8.42 Å². The minimum atomic E-state index is -3.97. The summed E-state index contributed by atoms with van der Waals surface area (Å²) in [4.78, 5) is 0. The molecule has 0 atom stereocenters. The fourth-order valence-electron chi connectivity index (χ4n) is 0.831. The van der Waals surface area contributed by atoms with Gasteiger partial charge in [0.15, 0.2) is 0 Å². The average Bonchev–Trinajstić information content (AvgIpc) is 1.78. The fraction of sp³-hybridized carbons (Fsp3) is 1.00. The summed E-state index contributed by atoms with van der Waals surface area (Å²) < 4.78 is 30.4. The molecule has 0 aliphatic rings. The van der Waals surface area contributed by atoms with E-state index in [2.05, 4.69) is 13.8 Å². The van der Waals surface area contributed by atoms with Crippen LogP contribution in [-0.2, 0) is 10.1 Å². The molecule has 0 bridgehead atoms. The zero-order valence-electron chi connectivity index (χ0n) is 8.04. The van der Waals surface area contributed by atoms with Gasteiger partial charge in [0, 0.05) is 5.75 Å². The molecule has 0 unspecified atom stereocenters. The van der Waals surface area contributed by atoms with Crippen molar-refractivity contribution in [1.29, 1.82) is 0 Å². The molecule has 0 spiro atoms. The zero-order valence-corrected chi connectivity index (χ0v) is 8.86. The van der Waals surface area contributed by atoms with Crippen LogP contribution in [0.3, 0.4) is 0 Å².